The first kappa shape index (κ1) is 13.8. The third-order valence-corrected chi connectivity index (χ3v) is 2.73. The normalized spacial score (nSPS) is 10.8. The predicted molar refractivity (Wildman–Crippen MR) is 66.3 cm³/mol. The van der Waals surface area contributed by atoms with E-state index in [1.807, 2.05) is 6.92 Å². The first-order valence-electron chi connectivity index (χ1n) is 5.45. The summed E-state index contributed by atoms with van der Waals surface area (Å²) in [6.45, 7) is 2.91. The quantitative estimate of drug-likeness (QED) is 0.821. The molecule has 0 saturated carbocycles. The first-order chi connectivity index (χ1) is 8.04. The smallest absolute Gasteiger partial charge is 0.317 e. The van der Waals surface area contributed by atoms with Crippen LogP contribution in [0.4, 0.5) is 0 Å². The van der Waals surface area contributed by atoms with Crippen molar-refractivity contribution in [2.24, 2.45) is 0 Å². The molecule has 0 fully saturated rings. The van der Waals surface area contributed by atoms with Crippen molar-refractivity contribution in [3.63, 3.8) is 0 Å². The van der Waals surface area contributed by atoms with Crippen LogP contribution in [0.1, 0.15) is 18.9 Å². The van der Waals surface area contributed by atoms with Gasteiger partial charge >= 0.3 is 5.97 Å². The monoisotopic (exact) mass is 257 g/mol. The van der Waals surface area contributed by atoms with Crippen LogP contribution in [0.15, 0.2) is 18.2 Å². The van der Waals surface area contributed by atoms with E-state index in [-0.39, 0.29) is 12.3 Å². The Morgan fingerprint density at radius 3 is 2.71 bits per heavy atom. The topological polar surface area (TPSA) is 60.8 Å². The van der Waals surface area contributed by atoms with E-state index >= 15 is 0 Å². The summed E-state index contributed by atoms with van der Waals surface area (Å²) in [6, 6.07) is 4.89. The summed E-state index contributed by atoms with van der Waals surface area (Å²) in [7, 11) is 0. The van der Waals surface area contributed by atoms with Gasteiger partial charge in [0.2, 0.25) is 0 Å². The second-order valence-corrected chi connectivity index (χ2v) is 4.25. The molecule has 17 heavy (non-hydrogen) atoms. The van der Waals surface area contributed by atoms with Gasteiger partial charge in [-0.2, -0.15) is 0 Å². The molecule has 0 aliphatic rings. The SMILES string of the molecule is CCCN(CC(=O)O)Cc1c(O)cccc1Cl. The zero-order chi connectivity index (χ0) is 12.8. The first-order valence-corrected chi connectivity index (χ1v) is 5.83. The van der Waals surface area contributed by atoms with Gasteiger partial charge in [0, 0.05) is 17.1 Å². The number of aliphatic carboxylic acids is 1. The van der Waals surface area contributed by atoms with Crippen LogP contribution in [-0.2, 0) is 11.3 Å². The lowest BCUT2D eigenvalue weighted by molar-refractivity contribution is -0.138. The Hall–Kier alpha value is -1.26. The van der Waals surface area contributed by atoms with E-state index in [2.05, 4.69) is 0 Å². The van der Waals surface area contributed by atoms with E-state index < -0.39 is 5.97 Å². The van der Waals surface area contributed by atoms with Gasteiger partial charge in [-0.05, 0) is 25.1 Å². The summed E-state index contributed by atoms with van der Waals surface area (Å²) < 4.78 is 0. The highest BCUT2D eigenvalue weighted by Crippen LogP contribution is 2.26. The number of phenolic OH excluding ortho intramolecular Hbond substituents is 1. The van der Waals surface area contributed by atoms with Crippen LogP contribution >= 0.6 is 11.6 Å². The van der Waals surface area contributed by atoms with Crippen molar-refractivity contribution in [1.29, 1.82) is 0 Å². The van der Waals surface area contributed by atoms with Gasteiger partial charge in [0.05, 0.1) is 6.54 Å². The minimum absolute atomic E-state index is 0.0570. The minimum Gasteiger partial charge on any atom is -0.508 e. The summed E-state index contributed by atoms with van der Waals surface area (Å²) in [6.07, 6.45) is 0.846. The third kappa shape index (κ3) is 4.24. The van der Waals surface area contributed by atoms with Crippen LogP contribution in [0.2, 0.25) is 5.02 Å². The van der Waals surface area contributed by atoms with Crippen LogP contribution in [0.5, 0.6) is 5.75 Å². The van der Waals surface area contributed by atoms with Gasteiger partial charge in [-0.25, -0.2) is 0 Å². The van der Waals surface area contributed by atoms with Crippen molar-refractivity contribution in [3.05, 3.63) is 28.8 Å². The number of hydrogen-bond acceptors (Lipinski definition) is 3. The van der Waals surface area contributed by atoms with Crippen LogP contribution in [-0.4, -0.2) is 34.2 Å². The Balaban J connectivity index is 2.81. The lowest BCUT2D eigenvalue weighted by Gasteiger charge is -2.20. The van der Waals surface area contributed by atoms with E-state index in [0.717, 1.165) is 6.42 Å². The fourth-order valence-corrected chi connectivity index (χ4v) is 1.88. The summed E-state index contributed by atoms with van der Waals surface area (Å²) in [5.41, 5.74) is 0.573. The summed E-state index contributed by atoms with van der Waals surface area (Å²) >= 11 is 5.98. The molecule has 1 aromatic carbocycles. The molecule has 4 nitrogen and oxygen atoms in total. The molecule has 0 spiro atoms. The molecule has 0 aliphatic heterocycles. The Labute approximate surface area is 105 Å². The maximum atomic E-state index is 10.7. The lowest BCUT2D eigenvalue weighted by Crippen LogP contribution is -2.30. The molecule has 0 aromatic heterocycles. The molecule has 5 heteroatoms. The molecule has 0 heterocycles. The Morgan fingerprint density at radius 2 is 2.18 bits per heavy atom. The highest BCUT2D eigenvalue weighted by Gasteiger charge is 2.13. The fourth-order valence-electron chi connectivity index (χ4n) is 1.65. The number of benzene rings is 1. The second-order valence-electron chi connectivity index (χ2n) is 3.84. The van der Waals surface area contributed by atoms with Crippen molar-refractivity contribution in [2.75, 3.05) is 13.1 Å². The number of carbonyl (C=O) groups is 1. The molecule has 0 amide bonds. The largest absolute Gasteiger partial charge is 0.508 e. The second kappa shape index (κ2) is 6.47. The number of rotatable bonds is 6. The number of carboxylic acids is 1. The highest BCUT2D eigenvalue weighted by molar-refractivity contribution is 6.31. The van der Waals surface area contributed by atoms with Gasteiger partial charge in [0.15, 0.2) is 0 Å². The Morgan fingerprint density at radius 1 is 1.47 bits per heavy atom. The molecule has 0 aliphatic carbocycles. The van der Waals surface area contributed by atoms with Crippen LogP contribution in [0.25, 0.3) is 0 Å². The number of halogens is 1. The molecule has 0 saturated heterocycles. The maximum Gasteiger partial charge on any atom is 0.317 e. The molecule has 0 atom stereocenters. The fraction of sp³-hybridized carbons (Fsp3) is 0.417. The summed E-state index contributed by atoms with van der Waals surface area (Å²) in [5, 5.41) is 18.9. The molecular formula is C12H16ClNO3. The molecule has 1 aromatic rings. The van der Waals surface area contributed by atoms with E-state index in [4.69, 9.17) is 16.7 Å². The molecular weight excluding hydrogens is 242 g/mol. The summed E-state index contributed by atoms with van der Waals surface area (Å²) in [4.78, 5) is 12.4. The zero-order valence-electron chi connectivity index (χ0n) is 9.69. The number of hydrogen-bond donors (Lipinski definition) is 2. The van der Waals surface area contributed by atoms with E-state index in [1.165, 1.54) is 0 Å². The van der Waals surface area contributed by atoms with E-state index in [9.17, 15) is 9.90 Å². The van der Waals surface area contributed by atoms with Crippen LogP contribution in [0.3, 0.4) is 0 Å². The zero-order valence-corrected chi connectivity index (χ0v) is 10.4. The molecule has 0 unspecified atom stereocenters. The molecule has 94 valence electrons. The van der Waals surface area contributed by atoms with Gasteiger partial charge in [-0.3, -0.25) is 9.69 Å². The van der Waals surface area contributed by atoms with Crippen molar-refractivity contribution >= 4 is 17.6 Å². The molecule has 0 bridgehead atoms. The average Bonchev–Trinajstić information content (AvgIpc) is 2.23. The van der Waals surface area contributed by atoms with Gasteiger partial charge < -0.3 is 10.2 Å². The van der Waals surface area contributed by atoms with Crippen molar-refractivity contribution in [3.8, 4) is 5.75 Å². The van der Waals surface area contributed by atoms with Gasteiger partial charge in [0.1, 0.15) is 5.75 Å². The minimum atomic E-state index is -0.884. The van der Waals surface area contributed by atoms with Crippen molar-refractivity contribution in [1.82, 2.24) is 4.90 Å². The average molecular weight is 258 g/mol. The highest BCUT2D eigenvalue weighted by atomic mass is 35.5. The van der Waals surface area contributed by atoms with E-state index in [0.29, 0.717) is 23.7 Å². The van der Waals surface area contributed by atoms with Gasteiger partial charge in [0.25, 0.3) is 0 Å². The van der Waals surface area contributed by atoms with Gasteiger partial charge in [-0.1, -0.05) is 24.6 Å². The van der Waals surface area contributed by atoms with Gasteiger partial charge in [-0.15, -0.1) is 0 Å². The molecule has 0 radical (unpaired) electrons. The van der Waals surface area contributed by atoms with E-state index in [1.54, 1.807) is 23.1 Å². The summed E-state index contributed by atoms with van der Waals surface area (Å²) in [5.74, 6) is -0.783. The molecule has 2 N–H and O–H groups in total. The Kier molecular flexibility index (Phi) is 5.25. The third-order valence-electron chi connectivity index (χ3n) is 2.37. The lowest BCUT2D eigenvalue weighted by atomic mass is 10.2. The van der Waals surface area contributed by atoms with Crippen LogP contribution in [0, 0.1) is 0 Å². The van der Waals surface area contributed by atoms with Crippen molar-refractivity contribution in [2.45, 2.75) is 19.9 Å². The molecule has 1 rings (SSSR count). The number of nitrogens with zero attached hydrogens (tertiary/aromatic N) is 1. The maximum absolute atomic E-state index is 10.7. The van der Waals surface area contributed by atoms with Crippen LogP contribution < -0.4 is 0 Å². The Bertz CT molecular complexity index is 375. The standard InChI is InChI=1S/C12H16ClNO3/c1-2-6-14(8-12(16)17)7-9-10(13)4-3-5-11(9)15/h3-5,15H,2,6-8H2,1H3,(H,16,17). The number of aromatic hydroxyl groups is 1. The van der Waals surface area contributed by atoms with Crippen molar-refractivity contribution < 1.29 is 15.0 Å². The number of phenols is 1. The predicted octanol–water partition coefficient (Wildman–Crippen LogP) is 2.34. The number of carboxylic acid groups (broad SMARTS) is 1.